The van der Waals surface area contributed by atoms with Crippen LogP contribution in [0.15, 0.2) is 0 Å². The van der Waals surface area contributed by atoms with Crippen molar-refractivity contribution in [1.29, 1.82) is 0 Å². The first kappa shape index (κ1) is 7.20. The lowest BCUT2D eigenvalue weighted by atomic mass is 10.8. The van der Waals surface area contributed by atoms with Crippen LogP contribution in [0.4, 0.5) is 0 Å². The van der Waals surface area contributed by atoms with Gasteiger partial charge in [-0.2, -0.15) is 0 Å². The number of thiol groups is 1. The van der Waals surface area contributed by atoms with Crippen LogP contribution >= 0.6 is 24.8 Å². The molecule has 0 aliphatic rings. The van der Waals surface area contributed by atoms with E-state index in [0.29, 0.717) is 6.54 Å². The van der Waals surface area contributed by atoms with Gasteiger partial charge in [0.25, 0.3) is 0 Å². The number of nitrogens with zero attached hydrogens (tertiary/aromatic N) is 1. The first-order chi connectivity index (χ1) is 3.18. The molecule has 0 aliphatic heterocycles. The zero-order chi connectivity index (χ0) is 5.86. The molecule has 0 fully saturated rings. The van der Waals surface area contributed by atoms with Crippen molar-refractivity contribution in [3.05, 3.63) is 0 Å². The van der Waals surface area contributed by atoms with Crippen LogP contribution in [0.3, 0.4) is 0 Å². The summed E-state index contributed by atoms with van der Waals surface area (Å²) in [5.74, 6) is 0. The molecule has 0 aromatic heterocycles. The topological polar surface area (TPSA) is 23.5 Å². The minimum absolute atomic E-state index is 0.211. The highest BCUT2D eigenvalue weighted by molar-refractivity contribution is 8.10. The van der Waals surface area contributed by atoms with E-state index in [0.717, 1.165) is 5.06 Å². The highest BCUT2D eigenvalue weighted by Crippen LogP contribution is 1.88. The normalized spacial score (nSPS) is 8.43. The first-order valence-electron chi connectivity index (χ1n) is 1.87. The molecular formula is C3H7NOS2. The molecule has 0 aliphatic carbocycles. The van der Waals surface area contributed by atoms with Crippen molar-refractivity contribution < 1.29 is 5.21 Å². The van der Waals surface area contributed by atoms with Gasteiger partial charge in [0.2, 0.25) is 0 Å². The molecule has 0 radical (unpaired) electrons. The molecule has 7 heavy (non-hydrogen) atoms. The summed E-state index contributed by atoms with van der Waals surface area (Å²) < 4.78 is 0.211. The Labute approximate surface area is 53.5 Å². The predicted molar refractivity (Wildman–Crippen MR) is 35.8 cm³/mol. The van der Waals surface area contributed by atoms with Crippen LogP contribution in [0.5, 0.6) is 0 Å². The van der Waals surface area contributed by atoms with E-state index in [9.17, 15) is 0 Å². The van der Waals surface area contributed by atoms with Crippen LogP contribution in [-0.2, 0) is 0 Å². The molecule has 0 unspecified atom stereocenters. The average Bonchev–Trinajstić information content (AvgIpc) is 1.65. The second kappa shape index (κ2) is 3.23. The number of hydroxylamine groups is 2. The molecule has 0 saturated heterocycles. The van der Waals surface area contributed by atoms with Gasteiger partial charge in [0.15, 0.2) is 4.32 Å². The number of hydrogen-bond acceptors (Lipinski definition) is 2. The van der Waals surface area contributed by atoms with Crippen LogP contribution in [0, 0.1) is 0 Å². The molecule has 0 aromatic rings. The van der Waals surface area contributed by atoms with Gasteiger partial charge >= 0.3 is 0 Å². The smallest absolute Gasteiger partial charge is 0.156 e. The van der Waals surface area contributed by atoms with Gasteiger partial charge in [0, 0.05) is 6.54 Å². The monoisotopic (exact) mass is 137 g/mol. The first-order valence-corrected chi connectivity index (χ1v) is 2.73. The van der Waals surface area contributed by atoms with Gasteiger partial charge < -0.3 is 0 Å². The van der Waals surface area contributed by atoms with E-state index in [4.69, 9.17) is 5.21 Å². The second-order valence-corrected chi connectivity index (χ2v) is 2.11. The lowest BCUT2D eigenvalue weighted by Crippen LogP contribution is -2.20. The molecule has 1 N–H and O–H groups in total. The molecule has 4 heteroatoms. The van der Waals surface area contributed by atoms with Crippen LogP contribution in [0.25, 0.3) is 0 Å². The molecule has 2 nitrogen and oxygen atoms in total. The molecule has 0 bridgehead atoms. The molecule has 0 heterocycles. The van der Waals surface area contributed by atoms with Crippen molar-refractivity contribution in [1.82, 2.24) is 5.06 Å². The van der Waals surface area contributed by atoms with Crippen LogP contribution in [0.2, 0.25) is 0 Å². The Bertz CT molecular complexity index is 75.3. The van der Waals surface area contributed by atoms with Gasteiger partial charge in [-0.3, -0.25) is 5.21 Å². The summed E-state index contributed by atoms with van der Waals surface area (Å²) in [7, 11) is 0. The number of rotatable bonds is 1. The van der Waals surface area contributed by atoms with Crippen molar-refractivity contribution in [2.24, 2.45) is 0 Å². The number of thiocarbonyl (C=S) groups is 1. The van der Waals surface area contributed by atoms with Gasteiger partial charge in [0.05, 0.1) is 0 Å². The third-order valence-electron chi connectivity index (χ3n) is 0.520. The Balaban J connectivity index is 3.34. The zero-order valence-electron chi connectivity index (χ0n) is 3.96. The van der Waals surface area contributed by atoms with Crippen LogP contribution < -0.4 is 0 Å². The van der Waals surface area contributed by atoms with E-state index in [1.54, 1.807) is 6.92 Å². The second-order valence-electron chi connectivity index (χ2n) is 0.998. The highest BCUT2D eigenvalue weighted by atomic mass is 32.1. The number of hydrogen-bond donors (Lipinski definition) is 2. The van der Waals surface area contributed by atoms with E-state index < -0.39 is 0 Å². The average molecular weight is 137 g/mol. The predicted octanol–water partition coefficient (Wildman–Crippen LogP) is 0.912. The van der Waals surface area contributed by atoms with Crippen LogP contribution in [-0.4, -0.2) is 21.1 Å². The molecule has 0 spiro atoms. The lowest BCUT2D eigenvalue weighted by molar-refractivity contribution is -0.00227. The fourth-order valence-electron chi connectivity index (χ4n) is 0.135. The summed E-state index contributed by atoms with van der Waals surface area (Å²) in [6, 6.07) is 0. The van der Waals surface area contributed by atoms with Crippen molar-refractivity contribution in [3.8, 4) is 0 Å². The third kappa shape index (κ3) is 2.85. The van der Waals surface area contributed by atoms with Crippen molar-refractivity contribution in [2.45, 2.75) is 6.92 Å². The minimum atomic E-state index is 0.211. The molecule has 0 saturated carbocycles. The summed E-state index contributed by atoms with van der Waals surface area (Å²) in [4.78, 5) is 0. The molecule has 42 valence electrons. The third-order valence-corrected chi connectivity index (χ3v) is 0.962. The maximum atomic E-state index is 8.55. The van der Waals surface area contributed by atoms with E-state index in [2.05, 4.69) is 24.8 Å². The standard InChI is InChI=1S/C3H7NOS2/c1-2-4(5)3(6)7/h5H,2H2,1H3,(H,6,7). The Hall–Kier alpha value is 0.200. The van der Waals surface area contributed by atoms with Crippen LogP contribution in [0.1, 0.15) is 6.92 Å². The van der Waals surface area contributed by atoms with E-state index in [1.807, 2.05) is 0 Å². The quantitative estimate of drug-likeness (QED) is 0.319. The van der Waals surface area contributed by atoms with Gasteiger partial charge in [0.1, 0.15) is 0 Å². The van der Waals surface area contributed by atoms with E-state index >= 15 is 0 Å². The molecular weight excluding hydrogens is 130 g/mol. The van der Waals surface area contributed by atoms with Gasteiger partial charge in [-0.25, -0.2) is 5.06 Å². The Kier molecular flexibility index (Phi) is 3.33. The summed E-state index contributed by atoms with van der Waals surface area (Å²) in [5.41, 5.74) is 0. The minimum Gasteiger partial charge on any atom is -0.287 e. The largest absolute Gasteiger partial charge is 0.287 e. The molecule has 0 rings (SSSR count). The van der Waals surface area contributed by atoms with Crippen molar-refractivity contribution in [2.75, 3.05) is 6.54 Å². The molecule has 0 atom stereocenters. The maximum Gasteiger partial charge on any atom is 0.156 e. The summed E-state index contributed by atoms with van der Waals surface area (Å²) in [6.07, 6.45) is 0. The summed E-state index contributed by atoms with van der Waals surface area (Å²) >= 11 is 8.14. The van der Waals surface area contributed by atoms with Gasteiger partial charge in [-0.15, -0.1) is 12.6 Å². The Morgan fingerprint density at radius 1 is 2.00 bits per heavy atom. The fourth-order valence-corrected chi connectivity index (χ4v) is 0.406. The summed E-state index contributed by atoms with van der Waals surface area (Å²) in [5, 5.41) is 9.44. The lowest BCUT2D eigenvalue weighted by Gasteiger charge is -2.08. The highest BCUT2D eigenvalue weighted by Gasteiger charge is 1.93. The molecule has 0 amide bonds. The summed E-state index contributed by atoms with van der Waals surface area (Å²) in [6.45, 7) is 2.27. The molecule has 0 aromatic carbocycles. The Morgan fingerprint density at radius 3 is 2.43 bits per heavy atom. The van der Waals surface area contributed by atoms with Crippen molar-refractivity contribution in [3.63, 3.8) is 0 Å². The van der Waals surface area contributed by atoms with Gasteiger partial charge in [-0.1, -0.05) is 12.2 Å². The maximum absolute atomic E-state index is 8.55. The SMILES string of the molecule is CCN(O)C(=S)S. The van der Waals surface area contributed by atoms with E-state index in [-0.39, 0.29) is 4.32 Å². The van der Waals surface area contributed by atoms with Gasteiger partial charge in [-0.05, 0) is 6.92 Å². The zero-order valence-corrected chi connectivity index (χ0v) is 5.67. The van der Waals surface area contributed by atoms with Crippen molar-refractivity contribution >= 4 is 29.2 Å². The van der Waals surface area contributed by atoms with E-state index in [1.165, 1.54) is 0 Å². The Morgan fingerprint density at radius 2 is 2.43 bits per heavy atom. The fraction of sp³-hybridized carbons (Fsp3) is 0.667.